The number of carbonyl (C=O) groups is 1. The summed E-state index contributed by atoms with van der Waals surface area (Å²) >= 11 is -2.65. The minimum absolute atomic E-state index is 0.0644. The van der Waals surface area contributed by atoms with E-state index in [4.69, 9.17) is 10.3 Å². The minimum Gasteiger partial charge on any atom is -0.760 e. The molecule has 180 valence electrons. The molecule has 0 aliphatic heterocycles. The first kappa shape index (κ1) is 27.1. The Morgan fingerprint density at radius 2 is 1.91 bits per heavy atom. The zero-order valence-corrected chi connectivity index (χ0v) is 20.1. The molecule has 0 aliphatic carbocycles. The minimum atomic E-state index is -2.65. The molecule has 0 radical (unpaired) electrons. The molecule has 8 nitrogen and oxygen atoms in total. The van der Waals surface area contributed by atoms with Gasteiger partial charge in [-0.05, 0) is 41.6 Å². The van der Waals surface area contributed by atoms with Gasteiger partial charge in [-0.15, -0.1) is 0 Å². The smallest absolute Gasteiger partial charge is 0.327 e. The fourth-order valence-corrected chi connectivity index (χ4v) is 3.97. The van der Waals surface area contributed by atoms with Crippen molar-refractivity contribution < 1.29 is 18.3 Å². The van der Waals surface area contributed by atoms with Crippen molar-refractivity contribution in [3.63, 3.8) is 0 Å². The van der Waals surface area contributed by atoms with Crippen LogP contribution in [-0.2, 0) is 33.8 Å². The molecule has 0 fully saturated rings. The van der Waals surface area contributed by atoms with Crippen LogP contribution >= 0.6 is 0 Å². The van der Waals surface area contributed by atoms with Gasteiger partial charge in [0.1, 0.15) is 12.1 Å². The van der Waals surface area contributed by atoms with Crippen LogP contribution < -0.4 is 4.72 Å². The number of hydrogen-bond donors (Lipinski definition) is 1. The maximum absolute atomic E-state index is 13.2. The van der Waals surface area contributed by atoms with E-state index < -0.39 is 22.8 Å². The molecule has 2 unspecified atom stereocenters. The Bertz CT molecular complexity index is 1040. The Morgan fingerprint density at radius 3 is 2.56 bits per heavy atom. The summed E-state index contributed by atoms with van der Waals surface area (Å²) in [5.74, 6) is 5.48. The van der Waals surface area contributed by atoms with Crippen molar-refractivity contribution in [2.24, 2.45) is 5.11 Å². The highest BCUT2D eigenvalue weighted by Crippen LogP contribution is 2.24. The average molecular weight is 482 g/mol. The Balaban J connectivity index is 2.16. The van der Waals surface area contributed by atoms with Crippen LogP contribution in [0.25, 0.3) is 10.4 Å². The summed E-state index contributed by atoms with van der Waals surface area (Å²) in [6.45, 7) is 2.46. The number of hydrogen-bond acceptors (Lipinski definition) is 5. The van der Waals surface area contributed by atoms with Crippen molar-refractivity contribution in [1.29, 1.82) is 0 Å². The largest absolute Gasteiger partial charge is 0.760 e. The average Bonchev–Trinajstić information content (AvgIpc) is 2.84. The first-order valence-corrected chi connectivity index (χ1v) is 12.2. The van der Waals surface area contributed by atoms with Gasteiger partial charge >= 0.3 is 5.97 Å². The number of rotatable bonds is 13. The fraction of sp³-hybridized carbons (Fsp3) is 0.400. The molecule has 34 heavy (non-hydrogen) atoms. The van der Waals surface area contributed by atoms with Gasteiger partial charge in [0.05, 0.1) is 0 Å². The highest BCUT2D eigenvalue weighted by Gasteiger charge is 2.40. The van der Waals surface area contributed by atoms with Gasteiger partial charge in [-0.1, -0.05) is 79.2 Å². The Morgan fingerprint density at radius 1 is 1.18 bits per heavy atom. The third kappa shape index (κ3) is 9.38. The molecule has 0 heterocycles. The van der Waals surface area contributed by atoms with E-state index in [1.807, 2.05) is 61.5 Å². The van der Waals surface area contributed by atoms with Crippen molar-refractivity contribution in [1.82, 2.24) is 4.72 Å². The summed E-state index contributed by atoms with van der Waals surface area (Å²) in [4.78, 5) is 15.9. The predicted molar refractivity (Wildman–Crippen MR) is 131 cm³/mol. The number of unbranched alkanes of at least 4 members (excludes halogenated alkanes) is 2. The maximum Gasteiger partial charge on any atom is 0.327 e. The second kappa shape index (κ2) is 14.9. The number of esters is 1. The van der Waals surface area contributed by atoms with Crippen LogP contribution in [0, 0.1) is 11.8 Å². The third-order valence-corrected chi connectivity index (χ3v) is 5.71. The molecule has 9 heteroatoms. The van der Waals surface area contributed by atoms with E-state index in [9.17, 15) is 13.6 Å². The molecular formula is C25H29N4O4S-. The van der Waals surface area contributed by atoms with Crippen LogP contribution in [0.15, 0.2) is 59.7 Å². The molecule has 0 spiro atoms. The molecule has 0 amide bonds. The molecule has 0 saturated heterocycles. The van der Waals surface area contributed by atoms with Crippen molar-refractivity contribution in [3.05, 3.63) is 81.7 Å². The molecule has 2 aromatic rings. The highest BCUT2D eigenvalue weighted by molar-refractivity contribution is 7.77. The second-order valence-electron chi connectivity index (χ2n) is 7.82. The second-order valence-corrected chi connectivity index (χ2v) is 8.49. The van der Waals surface area contributed by atoms with Gasteiger partial charge in [0.25, 0.3) is 0 Å². The zero-order valence-electron chi connectivity index (χ0n) is 19.2. The Labute approximate surface area is 203 Å². The maximum atomic E-state index is 13.2. The molecule has 0 bridgehead atoms. The van der Waals surface area contributed by atoms with Gasteiger partial charge < -0.3 is 9.29 Å². The molecule has 2 rings (SSSR count). The fourth-order valence-electron chi connectivity index (χ4n) is 3.39. The number of ether oxygens (including phenoxy) is 1. The van der Waals surface area contributed by atoms with E-state index in [2.05, 4.69) is 26.6 Å². The molecule has 2 aromatic carbocycles. The lowest BCUT2D eigenvalue weighted by Gasteiger charge is -2.33. The van der Waals surface area contributed by atoms with Gasteiger partial charge in [0.15, 0.2) is 0 Å². The number of nitrogens with one attached hydrogen (secondary N) is 1. The van der Waals surface area contributed by atoms with Gasteiger partial charge in [0.2, 0.25) is 0 Å². The van der Waals surface area contributed by atoms with Gasteiger partial charge in [-0.3, -0.25) is 4.21 Å². The standard InChI is InChI=1S/C25H30N4O4S/c1-2-3-17-25(28-34(31)32,24(30)33-20-23-11-6-4-7-12-23)19-22-15-13-21(14-16-22)10-8-5-9-18-27-29-26/h4,6-7,11-16,28H,2-3,5,9,17-20H2,1H3,(H,31,32)/p-1. The highest BCUT2D eigenvalue weighted by atomic mass is 32.2. The number of carbonyl (C=O) groups excluding carboxylic acids is 1. The van der Waals surface area contributed by atoms with E-state index >= 15 is 0 Å². The summed E-state index contributed by atoms with van der Waals surface area (Å²) in [7, 11) is 0. The van der Waals surface area contributed by atoms with Crippen LogP contribution in [0.5, 0.6) is 0 Å². The lowest BCUT2D eigenvalue weighted by atomic mass is 9.86. The SMILES string of the molecule is CCCCC(Cc1ccc(C#CCCCN=[N+]=[N-])cc1)(NS(=O)[O-])C(=O)OCc1ccccc1. The molecular weight excluding hydrogens is 452 g/mol. The lowest BCUT2D eigenvalue weighted by molar-refractivity contribution is -0.152. The van der Waals surface area contributed by atoms with E-state index in [1.165, 1.54) is 0 Å². The molecule has 0 aliphatic rings. The summed E-state index contributed by atoms with van der Waals surface area (Å²) in [6, 6.07) is 16.6. The van der Waals surface area contributed by atoms with E-state index in [-0.39, 0.29) is 13.0 Å². The Kier molecular flexibility index (Phi) is 11.9. The van der Waals surface area contributed by atoms with Crippen molar-refractivity contribution in [2.45, 2.75) is 57.6 Å². The number of nitrogens with zero attached hydrogens (tertiary/aromatic N) is 3. The van der Waals surface area contributed by atoms with Crippen LogP contribution in [0.1, 0.15) is 55.7 Å². The third-order valence-electron chi connectivity index (χ3n) is 5.15. The summed E-state index contributed by atoms with van der Waals surface area (Å²) < 4.78 is 31.3. The van der Waals surface area contributed by atoms with Crippen LogP contribution in [0.4, 0.5) is 0 Å². The molecule has 0 saturated carbocycles. The lowest BCUT2D eigenvalue weighted by Crippen LogP contribution is -2.55. The predicted octanol–water partition coefficient (Wildman–Crippen LogP) is 4.73. The number of benzene rings is 2. The monoisotopic (exact) mass is 481 g/mol. The van der Waals surface area contributed by atoms with Crippen LogP contribution in [0.3, 0.4) is 0 Å². The topological polar surface area (TPSA) is 127 Å². The first-order valence-electron chi connectivity index (χ1n) is 11.2. The molecule has 2 atom stereocenters. The van der Waals surface area contributed by atoms with Gasteiger partial charge in [-0.2, -0.15) is 0 Å². The van der Waals surface area contributed by atoms with Crippen LogP contribution in [0.2, 0.25) is 0 Å². The zero-order chi connectivity index (χ0) is 24.7. The van der Waals surface area contributed by atoms with Crippen molar-refractivity contribution >= 4 is 17.2 Å². The Hall–Kier alpha value is -3.15. The van der Waals surface area contributed by atoms with E-state index in [0.29, 0.717) is 32.2 Å². The summed E-state index contributed by atoms with van der Waals surface area (Å²) in [5, 5.41) is 3.47. The summed E-state index contributed by atoms with van der Waals surface area (Å²) in [5.41, 5.74) is 9.30. The number of azide groups is 1. The van der Waals surface area contributed by atoms with Crippen LogP contribution in [-0.4, -0.2) is 26.8 Å². The quantitative estimate of drug-likeness (QED) is 0.0844. The van der Waals surface area contributed by atoms with Crippen molar-refractivity contribution in [2.75, 3.05) is 6.54 Å². The molecule has 1 N–H and O–H groups in total. The van der Waals surface area contributed by atoms with E-state index in [1.54, 1.807) is 0 Å². The molecule has 0 aromatic heterocycles. The van der Waals surface area contributed by atoms with E-state index in [0.717, 1.165) is 23.1 Å². The first-order chi connectivity index (χ1) is 16.5. The van der Waals surface area contributed by atoms with Gasteiger partial charge in [0, 0.05) is 41.1 Å². The van der Waals surface area contributed by atoms with Gasteiger partial charge in [-0.25, -0.2) is 9.52 Å². The summed E-state index contributed by atoms with van der Waals surface area (Å²) in [6.07, 6.45) is 3.25. The van der Waals surface area contributed by atoms with Crippen molar-refractivity contribution in [3.8, 4) is 11.8 Å². The normalized spacial score (nSPS) is 13.0.